The Balaban J connectivity index is 1.53. The molecule has 3 rings (SSSR count). The van der Waals surface area contributed by atoms with Crippen LogP contribution in [0.1, 0.15) is 20.8 Å². The molecule has 0 saturated carbocycles. The van der Waals surface area contributed by atoms with Crippen molar-refractivity contribution in [3.05, 3.63) is 80.5 Å². The predicted octanol–water partition coefficient (Wildman–Crippen LogP) is 4.55. The van der Waals surface area contributed by atoms with Gasteiger partial charge in [0.05, 0.1) is 6.54 Å². The van der Waals surface area contributed by atoms with Crippen LogP contribution in [0.4, 0.5) is 9.52 Å². The van der Waals surface area contributed by atoms with E-state index in [0.717, 1.165) is 16.5 Å². The molecule has 0 aliphatic heterocycles. The highest BCUT2D eigenvalue weighted by Crippen LogP contribution is 2.26. The number of nitrogens with one attached hydrogen (secondary N) is 2. The van der Waals surface area contributed by atoms with Crippen LogP contribution in [-0.2, 0) is 11.2 Å². The van der Waals surface area contributed by atoms with Gasteiger partial charge in [0.25, 0.3) is 5.91 Å². The molecule has 0 aliphatic rings. The van der Waals surface area contributed by atoms with Crippen molar-refractivity contribution in [1.29, 1.82) is 0 Å². The normalized spacial score (nSPS) is 10.5. The molecule has 0 fully saturated rings. The highest BCUT2D eigenvalue weighted by Gasteiger charge is 2.11. The molecule has 3 aromatic rings. The molecule has 9 heteroatoms. The summed E-state index contributed by atoms with van der Waals surface area (Å²) in [5.41, 5.74) is 1.04. The van der Waals surface area contributed by atoms with Crippen LogP contribution in [0.5, 0.6) is 0 Å². The molecule has 28 heavy (non-hydrogen) atoms. The SMILES string of the molecule is O=C(CNC(=O)c1cccc(F)c1)Nc1ncc(Cc2ccc(Cl)cc2Cl)s1. The van der Waals surface area contributed by atoms with Gasteiger partial charge in [-0.25, -0.2) is 9.37 Å². The first-order chi connectivity index (χ1) is 13.4. The summed E-state index contributed by atoms with van der Waals surface area (Å²) in [6, 6.07) is 10.5. The Kier molecular flexibility index (Phi) is 6.61. The number of benzene rings is 2. The van der Waals surface area contributed by atoms with Crippen molar-refractivity contribution in [3.8, 4) is 0 Å². The molecule has 1 heterocycles. The molecular weight excluding hydrogens is 424 g/mol. The van der Waals surface area contributed by atoms with E-state index in [4.69, 9.17) is 23.2 Å². The lowest BCUT2D eigenvalue weighted by molar-refractivity contribution is -0.115. The maximum atomic E-state index is 13.1. The van der Waals surface area contributed by atoms with Crippen LogP contribution in [0.3, 0.4) is 0 Å². The Morgan fingerprint density at radius 3 is 2.71 bits per heavy atom. The molecule has 1 aromatic heterocycles. The molecule has 0 atom stereocenters. The molecule has 0 saturated heterocycles. The number of hydrogen-bond donors (Lipinski definition) is 2. The van der Waals surface area contributed by atoms with Gasteiger partial charge in [0.2, 0.25) is 5.91 Å². The lowest BCUT2D eigenvalue weighted by Crippen LogP contribution is -2.32. The molecule has 2 amide bonds. The van der Waals surface area contributed by atoms with Crippen LogP contribution in [0, 0.1) is 5.82 Å². The van der Waals surface area contributed by atoms with Crippen LogP contribution in [0.25, 0.3) is 0 Å². The summed E-state index contributed by atoms with van der Waals surface area (Å²) in [6.45, 7) is -0.257. The summed E-state index contributed by atoms with van der Waals surface area (Å²) in [4.78, 5) is 29.0. The van der Waals surface area contributed by atoms with E-state index in [-0.39, 0.29) is 12.1 Å². The largest absolute Gasteiger partial charge is 0.343 e. The molecule has 0 aliphatic carbocycles. The Morgan fingerprint density at radius 1 is 1.14 bits per heavy atom. The first-order valence-electron chi connectivity index (χ1n) is 8.13. The second kappa shape index (κ2) is 9.14. The molecule has 144 valence electrons. The van der Waals surface area contributed by atoms with Crippen molar-refractivity contribution in [3.63, 3.8) is 0 Å². The molecule has 0 radical (unpaired) electrons. The fraction of sp³-hybridized carbons (Fsp3) is 0.105. The van der Waals surface area contributed by atoms with E-state index in [1.54, 1.807) is 18.3 Å². The Labute approximate surface area is 174 Å². The van der Waals surface area contributed by atoms with Crippen molar-refractivity contribution in [1.82, 2.24) is 10.3 Å². The zero-order valence-corrected chi connectivity index (χ0v) is 16.7. The predicted molar refractivity (Wildman–Crippen MR) is 109 cm³/mol. The molecule has 0 bridgehead atoms. The quantitative estimate of drug-likeness (QED) is 0.594. The van der Waals surface area contributed by atoms with Gasteiger partial charge in [0.15, 0.2) is 5.13 Å². The van der Waals surface area contributed by atoms with Gasteiger partial charge in [-0.3, -0.25) is 9.59 Å². The number of carbonyl (C=O) groups is 2. The molecule has 2 N–H and O–H groups in total. The minimum Gasteiger partial charge on any atom is -0.343 e. The first kappa shape index (κ1) is 20.3. The molecule has 0 spiro atoms. The van der Waals surface area contributed by atoms with E-state index in [1.807, 2.05) is 6.07 Å². The van der Waals surface area contributed by atoms with E-state index in [0.29, 0.717) is 21.6 Å². The van der Waals surface area contributed by atoms with Gasteiger partial charge >= 0.3 is 0 Å². The minimum atomic E-state index is -0.535. The van der Waals surface area contributed by atoms with E-state index in [2.05, 4.69) is 15.6 Å². The van der Waals surface area contributed by atoms with Crippen molar-refractivity contribution in [2.24, 2.45) is 0 Å². The van der Waals surface area contributed by atoms with E-state index >= 15 is 0 Å². The standard InChI is InChI=1S/C19H14Cl2FN3O2S/c20-13-5-4-11(16(21)8-13)7-15-9-24-19(28-15)25-17(26)10-23-18(27)12-2-1-3-14(22)6-12/h1-6,8-9H,7,10H2,(H,23,27)(H,24,25,26). The topological polar surface area (TPSA) is 71.1 Å². The van der Waals surface area contributed by atoms with Crippen molar-refractivity contribution >= 4 is 51.5 Å². The van der Waals surface area contributed by atoms with Crippen LogP contribution in [0.15, 0.2) is 48.7 Å². The van der Waals surface area contributed by atoms with E-state index < -0.39 is 17.6 Å². The average molecular weight is 438 g/mol. The van der Waals surface area contributed by atoms with Crippen LogP contribution in [0.2, 0.25) is 10.0 Å². The van der Waals surface area contributed by atoms with Crippen molar-refractivity contribution in [2.45, 2.75) is 6.42 Å². The number of halogens is 3. The van der Waals surface area contributed by atoms with Crippen LogP contribution < -0.4 is 10.6 Å². The van der Waals surface area contributed by atoms with Gasteiger partial charge in [-0.05, 0) is 35.9 Å². The van der Waals surface area contributed by atoms with Gasteiger partial charge in [-0.2, -0.15) is 0 Å². The van der Waals surface area contributed by atoms with Crippen LogP contribution >= 0.6 is 34.5 Å². The van der Waals surface area contributed by atoms with Crippen molar-refractivity contribution < 1.29 is 14.0 Å². The fourth-order valence-corrected chi connectivity index (χ4v) is 3.68. The van der Waals surface area contributed by atoms with E-state index in [9.17, 15) is 14.0 Å². The van der Waals surface area contributed by atoms with Gasteiger partial charge in [0, 0.05) is 33.1 Å². The number of anilines is 1. The second-order valence-corrected chi connectivity index (χ2v) is 7.74. The highest BCUT2D eigenvalue weighted by molar-refractivity contribution is 7.15. The number of rotatable bonds is 6. The maximum Gasteiger partial charge on any atom is 0.251 e. The van der Waals surface area contributed by atoms with Gasteiger partial charge in [-0.1, -0.05) is 35.3 Å². The van der Waals surface area contributed by atoms with Crippen LogP contribution in [-0.4, -0.2) is 23.3 Å². The summed E-state index contributed by atoms with van der Waals surface area (Å²) in [5.74, 6) is -1.49. The van der Waals surface area contributed by atoms with Crippen molar-refractivity contribution in [2.75, 3.05) is 11.9 Å². The second-order valence-electron chi connectivity index (χ2n) is 5.79. The van der Waals surface area contributed by atoms with Gasteiger partial charge < -0.3 is 10.6 Å². The minimum absolute atomic E-state index is 0.143. The summed E-state index contributed by atoms with van der Waals surface area (Å²) < 4.78 is 13.1. The third-order valence-corrected chi connectivity index (χ3v) is 5.18. The van der Waals surface area contributed by atoms with Gasteiger partial charge in [-0.15, -0.1) is 11.3 Å². The summed E-state index contributed by atoms with van der Waals surface area (Å²) >= 11 is 13.4. The number of hydrogen-bond acceptors (Lipinski definition) is 4. The Hall–Kier alpha value is -2.48. The zero-order valence-electron chi connectivity index (χ0n) is 14.3. The Morgan fingerprint density at radius 2 is 1.96 bits per heavy atom. The summed E-state index contributed by atoms with van der Waals surface area (Å²) in [6.07, 6.45) is 2.20. The smallest absolute Gasteiger partial charge is 0.251 e. The molecule has 2 aromatic carbocycles. The lowest BCUT2D eigenvalue weighted by Gasteiger charge is -2.05. The third-order valence-electron chi connectivity index (χ3n) is 3.68. The summed E-state index contributed by atoms with van der Waals surface area (Å²) in [5, 5.41) is 6.58. The number of thiazole rings is 1. The molecule has 5 nitrogen and oxygen atoms in total. The fourth-order valence-electron chi connectivity index (χ4n) is 2.36. The zero-order chi connectivity index (χ0) is 20.1. The third kappa shape index (κ3) is 5.51. The monoisotopic (exact) mass is 437 g/mol. The molecule has 0 unspecified atom stereocenters. The number of nitrogens with zero attached hydrogens (tertiary/aromatic N) is 1. The van der Waals surface area contributed by atoms with Gasteiger partial charge in [0.1, 0.15) is 5.82 Å². The maximum absolute atomic E-state index is 13.1. The number of amides is 2. The average Bonchev–Trinajstić information content (AvgIpc) is 3.09. The molecular formula is C19H14Cl2FN3O2S. The summed E-state index contributed by atoms with van der Waals surface area (Å²) in [7, 11) is 0. The highest BCUT2D eigenvalue weighted by atomic mass is 35.5. The lowest BCUT2D eigenvalue weighted by atomic mass is 10.1. The van der Waals surface area contributed by atoms with E-state index in [1.165, 1.54) is 29.5 Å². The Bertz CT molecular complexity index is 1030. The number of aromatic nitrogens is 1. The first-order valence-corrected chi connectivity index (χ1v) is 9.70. The number of carbonyl (C=O) groups excluding carboxylic acids is 2.